The molecule has 1 unspecified atom stereocenters. The first-order valence-electron chi connectivity index (χ1n) is 4.80. The summed E-state index contributed by atoms with van der Waals surface area (Å²) in [4.78, 5) is 4.18. The summed E-state index contributed by atoms with van der Waals surface area (Å²) < 4.78 is 0. The molecule has 0 radical (unpaired) electrons. The van der Waals surface area contributed by atoms with Crippen molar-refractivity contribution in [3.8, 4) is 11.8 Å². The lowest BCUT2D eigenvalue weighted by molar-refractivity contribution is 0.170. The van der Waals surface area contributed by atoms with Crippen LogP contribution in [0.5, 0.6) is 0 Å². The summed E-state index contributed by atoms with van der Waals surface area (Å²) in [5.41, 5.74) is 1.02. The van der Waals surface area contributed by atoms with E-state index in [1.54, 1.807) is 13.1 Å². The lowest BCUT2D eigenvalue weighted by Crippen LogP contribution is -2.07. The third-order valence-corrected chi connectivity index (χ3v) is 1.97. The van der Waals surface area contributed by atoms with Gasteiger partial charge in [0, 0.05) is 18.3 Å². The summed E-state index contributed by atoms with van der Waals surface area (Å²) in [7, 11) is 0. The molecule has 0 fully saturated rings. The minimum absolute atomic E-state index is 0.329. The molecule has 74 valence electrons. The predicted octanol–water partition coefficient (Wildman–Crippen LogP) is 1.79. The van der Waals surface area contributed by atoms with Crippen molar-refractivity contribution >= 4 is 0 Å². The number of aryl methyl sites for hydroxylation is 1. The fourth-order valence-electron chi connectivity index (χ4n) is 1.18. The van der Waals surface area contributed by atoms with Crippen LogP contribution in [-0.4, -0.2) is 16.2 Å². The summed E-state index contributed by atoms with van der Waals surface area (Å²) in [6, 6.07) is 5.82. The van der Waals surface area contributed by atoms with Crippen LogP contribution in [0.15, 0.2) is 24.4 Å². The van der Waals surface area contributed by atoms with Crippen molar-refractivity contribution in [3.05, 3.63) is 30.1 Å². The maximum Gasteiger partial charge on any atom is 0.0653 e. The minimum Gasteiger partial charge on any atom is -0.392 e. The molecule has 0 saturated heterocycles. The van der Waals surface area contributed by atoms with Gasteiger partial charge in [-0.25, -0.2) is 0 Å². The third-order valence-electron chi connectivity index (χ3n) is 1.97. The average molecular weight is 189 g/mol. The summed E-state index contributed by atoms with van der Waals surface area (Å²) in [5, 5.41) is 9.51. The molecule has 0 aliphatic carbocycles. The molecule has 0 saturated carbocycles. The molecule has 2 heteroatoms. The summed E-state index contributed by atoms with van der Waals surface area (Å²) >= 11 is 0. The van der Waals surface area contributed by atoms with Crippen LogP contribution < -0.4 is 0 Å². The van der Waals surface area contributed by atoms with Crippen LogP contribution in [0.4, 0.5) is 0 Å². The largest absolute Gasteiger partial charge is 0.392 e. The summed E-state index contributed by atoms with van der Waals surface area (Å²) in [6.07, 6.45) is 3.54. The van der Waals surface area contributed by atoms with E-state index in [4.69, 9.17) is 0 Å². The van der Waals surface area contributed by atoms with Crippen molar-refractivity contribution in [1.29, 1.82) is 0 Å². The third kappa shape index (κ3) is 4.06. The van der Waals surface area contributed by atoms with Crippen molar-refractivity contribution in [2.24, 2.45) is 0 Å². The number of hydrogen-bond acceptors (Lipinski definition) is 2. The maximum atomic E-state index is 9.51. The van der Waals surface area contributed by atoms with Gasteiger partial charge in [0.15, 0.2) is 0 Å². The number of hydrogen-bond donors (Lipinski definition) is 1. The van der Waals surface area contributed by atoms with E-state index in [0.29, 0.717) is 6.42 Å². The van der Waals surface area contributed by atoms with Crippen molar-refractivity contribution in [1.82, 2.24) is 4.98 Å². The van der Waals surface area contributed by atoms with Gasteiger partial charge in [-0.3, -0.25) is 4.98 Å². The highest BCUT2D eigenvalue weighted by Gasteiger charge is 2.02. The second-order valence-electron chi connectivity index (χ2n) is 3.14. The van der Waals surface area contributed by atoms with Gasteiger partial charge in [-0.1, -0.05) is 6.07 Å². The number of aliphatic hydroxyl groups is 1. The van der Waals surface area contributed by atoms with Crippen LogP contribution in [0, 0.1) is 11.8 Å². The molecular formula is C12H15NO. The molecule has 1 aromatic rings. The molecule has 0 amide bonds. The maximum absolute atomic E-state index is 9.51. The van der Waals surface area contributed by atoms with Crippen LogP contribution in [-0.2, 0) is 6.42 Å². The van der Waals surface area contributed by atoms with E-state index in [9.17, 15) is 5.11 Å². The molecule has 1 atom stereocenters. The van der Waals surface area contributed by atoms with E-state index in [0.717, 1.165) is 18.5 Å². The van der Waals surface area contributed by atoms with Gasteiger partial charge in [0.1, 0.15) is 0 Å². The number of aliphatic hydroxyl groups excluding tert-OH is 1. The Morgan fingerprint density at radius 3 is 3.00 bits per heavy atom. The van der Waals surface area contributed by atoms with Crippen molar-refractivity contribution in [2.45, 2.75) is 32.3 Å². The minimum atomic E-state index is -0.329. The highest BCUT2D eigenvalue weighted by atomic mass is 16.3. The Morgan fingerprint density at radius 2 is 2.36 bits per heavy atom. The van der Waals surface area contributed by atoms with Gasteiger partial charge in [0.05, 0.1) is 6.10 Å². The van der Waals surface area contributed by atoms with E-state index in [1.807, 2.05) is 18.2 Å². The number of nitrogens with zero attached hydrogens (tertiary/aromatic N) is 1. The Hall–Kier alpha value is -1.33. The van der Waals surface area contributed by atoms with Crippen LogP contribution in [0.3, 0.4) is 0 Å². The molecule has 0 aliphatic rings. The lowest BCUT2D eigenvalue weighted by atomic mass is 10.1. The topological polar surface area (TPSA) is 33.1 Å². The van der Waals surface area contributed by atoms with Gasteiger partial charge in [-0.05, 0) is 31.9 Å². The quantitative estimate of drug-likeness (QED) is 0.732. The van der Waals surface area contributed by atoms with E-state index < -0.39 is 0 Å². The van der Waals surface area contributed by atoms with Gasteiger partial charge in [0.2, 0.25) is 0 Å². The Labute approximate surface area is 85.0 Å². The molecule has 0 aromatic carbocycles. The zero-order valence-electron chi connectivity index (χ0n) is 8.40. The average Bonchev–Trinajstić information content (AvgIpc) is 2.25. The summed E-state index contributed by atoms with van der Waals surface area (Å²) in [6.45, 7) is 1.78. The van der Waals surface area contributed by atoms with Crippen LogP contribution in [0.1, 0.15) is 25.5 Å². The SMILES string of the molecule is CC#CCC(O)CCc1ccccn1. The fourth-order valence-corrected chi connectivity index (χ4v) is 1.18. The van der Waals surface area contributed by atoms with Gasteiger partial charge in [-0.2, -0.15) is 0 Å². The normalized spacial score (nSPS) is 11.6. The molecule has 0 bridgehead atoms. The second-order valence-corrected chi connectivity index (χ2v) is 3.14. The molecule has 1 N–H and O–H groups in total. The summed E-state index contributed by atoms with van der Waals surface area (Å²) in [5.74, 6) is 5.64. The number of aromatic nitrogens is 1. The molecule has 1 aromatic heterocycles. The molecule has 1 heterocycles. The molecule has 2 nitrogen and oxygen atoms in total. The van der Waals surface area contributed by atoms with Gasteiger partial charge >= 0.3 is 0 Å². The van der Waals surface area contributed by atoms with E-state index in [2.05, 4.69) is 16.8 Å². The zero-order chi connectivity index (χ0) is 10.2. The molecular weight excluding hydrogens is 174 g/mol. The van der Waals surface area contributed by atoms with E-state index >= 15 is 0 Å². The highest BCUT2D eigenvalue weighted by Crippen LogP contribution is 2.03. The molecule has 0 spiro atoms. The van der Waals surface area contributed by atoms with Crippen molar-refractivity contribution in [2.75, 3.05) is 0 Å². The van der Waals surface area contributed by atoms with Gasteiger partial charge in [0.25, 0.3) is 0 Å². The Bertz CT molecular complexity index is 310. The van der Waals surface area contributed by atoms with Crippen LogP contribution in [0.2, 0.25) is 0 Å². The van der Waals surface area contributed by atoms with Crippen molar-refractivity contribution < 1.29 is 5.11 Å². The number of rotatable bonds is 4. The first-order valence-corrected chi connectivity index (χ1v) is 4.80. The molecule has 0 aliphatic heterocycles. The number of pyridine rings is 1. The predicted molar refractivity (Wildman–Crippen MR) is 56.6 cm³/mol. The van der Waals surface area contributed by atoms with E-state index in [-0.39, 0.29) is 6.10 Å². The first-order chi connectivity index (χ1) is 6.83. The molecule has 1 rings (SSSR count). The standard InChI is InChI=1S/C12H15NO/c1-2-3-7-12(14)9-8-11-6-4-5-10-13-11/h4-6,10,12,14H,7-9H2,1H3. The monoisotopic (exact) mass is 189 g/mol. The Morgan fingerprint density at radius 1 is 1.50 bits per heavy atom. The van der Waals surface area contributed by atoms with Gasteiger partial charge in [-0.15, -0.1) is 11.8 Å². The van der Waals surface area contributed by atoms with Crippen molar-refractivity contribution in [3.63, 3.8) is 0 Å². The first kappa shape index (κ1) is 10.7. The Kier molecular flexibility index (Phi) is 4.74. The van der Waals surface area contributed by atoms with Gasteiger partial charge < -0.3 is 5.11 Å². The lowest BCUT2D eigenvalue weighted by Gasteiger charge is -2.05. The Balaban J connectivity index is 2.29. The fraction of sp³-hybridized carbons (Fsp3) is 0.417. The smallest absolute Gasteiger partial charge is 0.0653 e. The zero-order valence-corrected chi connectivity index (χ0v) is 8.40. The van der Waals surface area contributed by atoms with Crippen LogP contribution in [0.25, 0.3) is 0 Å². The van der Waals surface area contributed by atoms with E-state index in [1.165, 1.54) is 0 Å². The second kappa shape index (κ2) is 6.17. The molecule has 14 heavy (non-hydrogen) atoms. The van der Waals surface area contributed by atoms with Crippen LogP contribution >= 0.6 is 0 Å². The highest BCUT2D eigenvalue weighted by molar-refractivity contribution is 5.04.